The van der Waals surface area contributed by atoms with Crippen LogP contribution >= 0.6 is 12.4 Å². The molecule has 25 heteroatoms. The molecule has 24 nitrogen and oxygen atoms in total. The maximum Gasteiger partial charge on any atom is 0.410 e. The number of amides is 4. The summed E-state index contributed by atoms with van der Waals surface area (Å²) in [7, 11) is 0. The number of aromatic nitrogens is 6. The van der Waals surface area contributed by atoms with Crippen molar-refractivity contribution < 1.29 is 39.2 Å². The Bertz CT molecular complexity index is 5370. The first kappa shape index (κ1) is 94.0. The molecule has 3 aromatic heterocycles. The van der Waals surface area contributed by atoms with Crippen LogP contribution in [0.25, 0.3) is 17.1 Å². The van der Waals surface area contributed by atoms with Gasteiger partial charge in [0.25, 0.3) is 17.7 Å². The van der Waals surface area contributed by atoms with E-state index in [9.17, 15) is 39.8 Å². The van der Waals surface area contributed by atoms with Crippen LogP contribution in [-0.4, -0.2) is 118 Å². The third-order valence-corrected chi connectivity index (χ3v) is 21.6. The molecule has 12 aromatic rings. The number of nitrogens with two attached hydrogens (primary N) is 4. The predicted octanol–water partition coefficient (Wildman–Crippen LogP) is 16.1. The number of hydrogen-bond donors (Lipinski definition) is 11. The lowest BCUT2D eigenvalue weighted by molar-refractivity contribution is -0.00588. The van der Waals surface area contributed by atoms with Crippen LogP contribution in [0.5, 0.6) is 0 Å². The van der Waals surface area contributed by atoms with Crippen molar-refractivity contribution in [3.63, 3.8) is 0 Å². The van der Waals surface area contributed by atoms with Crippen molar-refractivity contribution in [3.05, 3.63) is 339 Å². The second-order valence-electron chi connectivity index (χ2n) is 32.6. The molecule has 15 N–H and O–H groups in total. The van der Waals surface area contributed by atoms with Gasteiger partial charge in [0, 0.05) is 62.4 Å². The number of anilines is 3. The second kappa shape index (κ2) is 43.2. The normalized spacial score (nSPS) is 14.1. The summed E-state index contributed by atoms with van der Waals surface area (Å²) in [6.07, 6.45) is 9.39. The van der Waals surface area contributed by atoms with Crippen molar-refractivity contribution in [1.29, 1.82) is 5.26 Å². The number of nitriles is 1. The zero-order valence-electron chi connectivity index (χ0n) is 70.7. The Labute approximate surface area is 733 Å². The largest absolute Gasteiger partial charge is 0.444 e. The highest BCUT2D eigenvalue weighted by atomic mass is 35.5. The Morgan fingerprint density at radius 2 is 0.790 bits per heavy atom. The van der Waals surface area contributed by atoms with Gasteiger partial charge in [-0.3, -0.25) is 14.4 Å². The topological polar surface area (TPSA) is 371 Å². The number of rotatable bonds is 30. The first-order chi connectivity index (χ1) is 58.8. The molecule has 3 fully saturated rings. The van der Waals surface area contributed by atoms with Crippen LogP contribution in [0.3, 0.4) is 0 Å². The number of carbonyl (C=O) groups is 4. The summed E-state index contributed by atoms with van der Waals surface area (Å²) in [4.78, 5) is 55.1. The fourth-order valence-corrected chi connectivity index (χ4v) is 14.7. The van der Waals surface area contributed by atoms with E-state index in [1.54, 1.807) is 87.9 Å². The number of nitrogens with zero attached hydrogens (tertiary/aromatic N) is 8. The smallest absolute Gasteiger partial charge is 0.410 e. The number of benzene rings is 9. The molecule has 0 radical (unpaired) electrons. The maximum absolute atomic E-state index is 13.5. The van der Waals surface area contributed by atoms with E-state index >= 15 is 0 Å². The van der Waals surface area contributed by atoms with Gasteiger partial charge in [0.2, 0.25) is 0 Å². The van der Waals surface area contributed by atoms with Gasteiger partial charge in [0.1, 0.15) is 39.5 Å². The molecule has 3 unspecified atom stereocenters. The number of nitrogens with one attached hydrogen (secondary N) is 4. The summed E-state index contributed by atoms with van der Waals surface area (Å²) in [6.45, 7) is 14.9. The number of aryl methyl sites for hydroxylation is 3. The van der Waals surface area contributed by atoms with Gasteiger partial charge in [-0.15, -0.1) is 12.4 Å². The van der Waals surface area contributed by atoms with Gasteiger partial charge in [-0.1, -0.05) is 191 Å². The van der Waals surface area contributed by atoms with Crippen molar-refractivity contribution >= 4 is 53.3 Å². The summed E-state index contributed by atoms with van der Waals surface area (Å²) >= 11 is 0. The lowest BCUT2D eigenvalue weighted by Crippen LogP contribution is -2.47. The van der Waals surface area contributed by atoms with Gasteiger partial charge in [0.15, 0.2) is 0 Å². The molecule has 0 bridgehead atoms. The molecule has 124 heavy (non-hydrogen) atoms. The Morgan fingerprint density at radius 3 is 1.13 bits per heavy atom. The van der Waals surface area contributed by atoms with Crippen LogP contribution in [0.1, 0.15) is 191 Å². The van der Waals surface area contributed by atoms with Gasteiger partial charge in [-0.25, -0.2) is 18.8 Å². The van der Waals surface area contributed by atoms with Crippen LogP contribution in [0.15, 0.2) is 255 Å². The Morgan fingerprint density at radius 1 is 0.452 bits per heavy atom. The highest BCUT2D eigenvalue weighted by Gasteiger charge is 2.44. The molecular weight excluding hydrogens is 1580 g/mol. The minimum absolute atomic E-state index is 0. The minimum Gasteiger partial charge on any atom is -0.444 e. The number of ether oxygens (including phenoxy) is 1. The van der Waals surface area contributed by atoms with Crippen LogP contribution in [0.4, 0.5) is 21.9 Å². The van der Waals surface area contributed by atoms with E-state index in [4.69, 9.17) is 27.7 Å². The number of aliphatic hydroxyl groups is 3. The van der Waals surface area contributed by atoms with E-state index in [1.165, 1.54) is 30.4 Å². The van der Waals surface area contributed by atoms with E-state index < -0.39 is 34.4 Å². The zero-order chi connectivity index (χ0) is 86.6. The third kappa shape index (κ3) is 24.8. The molecule has 0 saturated heterocycles. The van der Waals surface area contributed by atoms with Crippen molar-refractivity contribution in [1.82, 2.24) is 39.6 Å². The summed E-state index contributed by atoms with van der Waals surface area (Å²) in [5, 5.41) is 71.1. The van der Waals surface area contributed by atoms with Gasteiger partial charge >= 0.3 is 6.09 Å². The summed E-state index contributed by atoms with van der Waals surface area (Å²) in [5.41, 5.74) is 31.3. The van der Waals surface area contributed by atoms with E-state index in [0.717, 1.165) is 94.9 Å². The number of halogens is 1. The van der Waals surface area contributed by atoms with E-state index in [1.807, 2.05) is 223 Å². The average Bonchev–Trinajstić information content (AvgIpc) is 1.21. The van der Waals surface area contributed by atoms with Crippen LogP contribution < -0.4 is 44.2 Å². The molecule has 0 aliphatic heterocycles. The lowest BCUT2D eigenvalue weighted by Gasteiger charge is -2.36. The standard InChI is InChI=1S/C34H35N5O4.2C30H32N4O2.C4H13N3.CH4.ClH/c1-23-18-30(39(37-23)29-15-8-10-24(19-29)21-35)31(40)36-27-14-9-13-26(20-27)34(42,25-11-6-5-7-12-25)22-38(28-16-17-28)32(41)43-33(2,3)4;2*1-21-17-28(34(33-21)27-12-5-7-23(18-27)20-31)29(35)32-26-11-6-10-25(19-26)30(36,16-15-22-13-14-22)24-8-3-2-4-9-24;5-1-3-7-4-2-6;;/h5-15,18-20,28,42H,16-17,22H2,1-4H3,(H,36,40);2*2-12,17-19,22,36H,13-16,20,31H2,1H3,(H,32,35);7H,1-6H2;1H4;1H. The molecule has 3 aliphatic rings. The lowest BCUT2D eigenvalue weighted by atomic mass is 9.82. The van der Waals surface area contributed by atoms with Crippen LogP contribution in [-0.2, 0) is 34.6 Å². The van der Waals surface area contributed by atoms with Crippen LogP contribution in [0, 0.1) is 43.9 Å². The molecule has 3 atom stereocenters. The highest BCUT2D eigenvalue weighted by Crippen LogP contribution is 2.44. The quantitative estimate of drug-likeness (QED) is 0.0186. The molecule has 3 aliphatic carbocycles. The second-order valence-corrected chi connectivity index (χ2v) is 32.6. The van der Waals surface area contributed by atoms with Crippen molar-refractivity contribution in [3.8, 4) is 23.1 Å². The third-order valence-electron chi connectivity index (χ3n) is 21.6. The summed E-state index contributed by atoms with van der Waals surface area (Å²) < 4.78 is 10.5. The monoisotopic (exact) mass is 1690 g/mol. The van der Waals surface area contributed by atoms with Gasteiger partial charge in [0.05, 0.1) is 52.3 Å². The van der Waals surface area contributed by atoms with E-state index in [0.29, 0.717) is 113 Å². The zero-order valence-corrected chi connectivity index (χ0v) is 71.5. The van der Waals surface area contributed by atoms with Gasteiger partial charge in [-0.2, -0.15) is 20.6 Å². The SMILES string of the molecule is C.Cc1cc(C(=O)Nc2cccc(C(O)(CCC3CC3)c3ccccc3)c2)n(-c2cccc(CN)c2)n1.Cc1cc(C(=O)Nc2cccc(C(O)(CCC3CC3)c3ccccc3)c2)n(-c2cccc(CN)c2)n1.Cc1cc(C(=O)Nc2cccc(C(O)(CN(C(=O)OC(C)(C)C)C3CC3)c3ccccc3)c2)n(-c2cccc(C#N)c2)n1.Cl.NCCNCCN. The minimum atomic E-state index is -1.59. The molecule has 9 aromatic carbocycles. The molecule has 3 saturated carbocycles. The van der Waals surface area contributed by atoms with E-state index in [2.05, 4.69) is 42.6 Å². The first-order valence-electron chi connectivity index (χ1n) is 41.8. The van der Waals surface area contributed by atoms with Gasteiger partial charge < -0.3 is 69.2 Å². The van der Waals surface area contributed by atoms with Crippen molar-refractivity contribution in [2.24, 2.45) is 34.8 Å². The van der Waals surface area contributed by atoms with Gasteiger partial charge in [-0.05, 0) is 233 Å². The van der Waals surface area contributed by atoms with E-state index in [-0.39, 0.29) is 44.2 Å². The van der Waals surface area contributed by atoms with Crippen molar-refractivity contribution in [2.75, 3.05) is 48.7 Å². The fourth-order valence-electron chi connectivity index (χ4n) is 14.7. The molecule has 3 heterocycles. The highest BCUT2D eigenvalue weighted by molar-refractivity contribution is 6.05. The molecule has 15 rings (SSSR count). The summed E-state index contributed by atoms with van der Waals surface area (Å²) in [6, 6.07) is 80.4. The van der Waals surface area contributed by atoms with Crippen molar-refractivity contribution in [2.45, 2.75) is 155 Å². The molecular formula is C99H117ClN16O8. The Hall–Kier alpha value is -12.3. The maximum atomic E-state index is 13.5. The average molecular weight is 1690 g/mol. The number of hydrogen-bond acceptors (Lipinski definition) is 17. The summed E-state index contributed by atoms with van der Waals surface area (Å²) in [5.74, 6) is 0.449. The Kier molecular flexibility index (Phi) is 32.7. The van der Waals surface area contributed by atoms with Crippen LogP contribution in [0.2, 0.25) is 0 Å². The predicted molar refractivity (Wildman–Crippen MR) is 492 cm³/mol. The molecule has 648 valence electrons. The first-order valence-corrected chi connectivity index (χ1v) is 41.8. The number of carbonyl (C=O) groups excluding carboxylic acids is 4. The molecule has 4 amide bonds. The fraction of sp³-hybridized carbons (Fsp3) is 0.313. The molecule has 0 spiro atoms. The Balaban J connectivity index is 0.000000186.